The van der Waals surface area contributed by atoms with Crippen LogP contribution in [0, 0.1) is 0 Å². The van der Waals surface area contributed by atoms with Crippen molar-refractivity contribution in [1.29, 1.82) is 0 Å². The van der Waals surface area contributed by atoms with Crippen LogP contribution in [0.4, 0.5) is 0 Å². The summed E-state index contributed by atoms with van der Waals surface area (Å²) in [5.74, 6) is 0. The predicted octanol–water partition coefficient (Wildman–Crippen LogP) is -0.693. The maximum atomic E-state index is 5.28. The van der Waals surface area contributed by atoms with E-state index in [1.807, 2.05) is 0 Å². The van der Waals surface area contributed by atoms with Crippen LogP contribution < -0.4 is 5.32 Å². The van der Waals surface area contributed by atoms with Crippen LogP contribution in [0.2, 0.25) is 0 Å². The van der Waals surface area contributed by atoms with Gasteiger partial charge in [0.15, 0.2) is 0 Å². The number of morpholine rings is 1. The smallest absolute Gasteiger partial charge is 0.0643 e. The molecular formula is C9H18N2O2. The van der Waals surface area contributed by atoms with E-state index < -0.39 is 0 Å². The van der Waals surface area contributed by atoms with E-state index in [0.29, 0.717) is 6.04 Å². The topological polar surface area (TPSA) is 33.7 Å². The lowest BCUT2D eigenvalue weighted by Crippen LogP contribution is -2.49. The number of nitrogens with zero attached hydrogens (tertiary/aromatic N) is 1. The zero-order chi connectivity index (χ0) is 8.93. The van der Waals surface area contributed by atoms with Crippen LogP contribution in [0.15, 0.2) is 0 Å². The molecule has 0 aromatic carbocycles. The zero-order valence-corrected chi connectivity index (χ0v) is 8.00. The van der Waals surface area contributed by atoms with Crippen molar-refractivity contribution >= 4 is 0 Å². The van der Waals surface area contributed by atoms with Crippen molar-refractivity contribution in [2.24, 2.45) is 0 Å². The van der Waals surface area contributed by atoms with Gasteiger partial charge in [0.2, 0.25) is 0 Å². The molecule has 0 unspecified atom stereocenters. The number of hydrogen-bond acceptors (Lipinski definition) is 4. The second kappa shape index (κ2) is 4.91. The van der Waals surface area contributed by atoms with Crippen molar-refractivity contribution in [3.05, 3.63) is 0 Å². The summed E-state index contributed by atoms with van der Waals surface area (Å²) >= 11 is 0. The van der Waals surface area contributed by atoms with Gasteiger partial charge in [0.05, 0.1) is 32.5 Å². The van der Waals surface area contributed by atoms with Gasteiger partial charge in [-0.1, -0.05) is 0 Å². The Morgan fingerprint density at radius 1 is 1.15 bits per heavy atom. The van der Waals surface area contributed by atoms with Crippen molar-refractivity contribution in [2.75, 3.05) is 52.6 Å². The standard InChI is InChI=1S/C9H18N2O2/c1(10-9-7-13-8-9)2-11-3-5-12-6-4-11/h9-10H,1-8H2. The quantitative estimate of drug-likeness (QED) is 0.630. The third-order valence-corrected chi connectivity index (χ3v) is 2.60. The van der Waals surface area contributed by atoms with Crippen molar-refractivity contribution in [3.8, 4) is 0 Å². The molecule has 0 spiro atoms. The average molecular weight is 186 g/mol. The monoisotopic (exact) mass is 186 g/mol. The van der Waals surface area contributed by atoms with Crippen molar-refractivity contribution in [2.45, 2.75) is 6.04 Å². The lowest BCUT2D eigenvalue weighted by molar-refractivity contribution is -0.00799. The molecule has 4 heteroatoms. The van der Waals surface area contributed by atoms with Crippen LogP contribution in [-0.4, -0.2) is 63.5 Å². The largest absolute Gasteiger partial charge is 0.379 e. The van der Waals surface area contributed by atoms with E-state index in [1.165, 1.54) is 0 Å². The Bertz CT molecular complexity index is 145. The number of ether oxygens (including phenoxy) is 2. The molecule has 2 rings (SSSR count). The second-order valence-electron chi connectivity index (χ2n) is 3.64. The molecule has 0 amide bonds. The fourth-order valence-corrected chi connectivity index (χ4v) is 1.61. The van der Waals surface area contributed by atoms with Gasteiger partial charge in [0.25, 0.3) is 0 Å². The summed E-state index contributed by atoms with van der Waals surface area (Å²) in [4.78, 5) is 2.44. The minimum absolute atomic E-state index is 0.612. The molecule has 0 saturated carbocycles. The number of hydrogen-bond donors (Lipinski definition) is 1. The molecule has 13 heavy (non-hydrogen) atoms. The van der Waals surface area contributed by atoms with E-state index in [9.17, 15) is 0 Å². The van der Waals surface area contributed by atoms with E-state index in [1.54, 1.807) is 0 Å². The summed E-state index contributed by atoms with van der Waals surface area (Å²) in [6, 6.07) is 0.612. The molecule has 0 aliphatic carbocycles. The molecule has 0 radical (unpaired) electrons. The fraction of sp³-hybridized carbons (Fsp3) is 1.00. The Kier molecular flexibility index (Phi) is 3.55. The first-order valence-electron chi connectivity index (χ1n) is 5.06. The maximum absolute atomic E-state index is 5.28. The zero-order valence-electron chi connectivity index (χ0n) is 8.00. The maximum Gasteiger partial charge on any atom is 0.0643 e. The van der Waals surface area contributed by atoms with Gasteiger partial charge in [-0.3, -0.25) is 4.90 Å². The minimum atomic E-state index is 0.612. The van der Waals surface area contributed by atoms with E-state index in [4.69, 9.17) is 9.47 Å². The second-order valence-corrected chi connectivity index (χ2v) is 3.64. The number of rotatable bonds is 4. The highest BCUT2D eigenvalue weighted by Crippen LogP contribution is 1.99. The SMILES string of the molecule is C(CN1CCOCC1)NC1COC1. The summed E-state index contributed by atoms with van der Waals surface area (Å²) in [5, 5.41) is 3.46. The molecule has 0 aromatic rings. The van der Waals surface area contributed by atoms with Crippen LogP contribution in [0.25, 0.3) is 0 Å². The summed E-state index contributed by atoms with van der Waals surface area (Å²) in [6.07, 6.45) is 0. The Balaban J connectivity index is 1.50. The Labute approximate surface area is 79.2 Å². The molecule has 2 aliphatic rings. The first-order valence-corrected chi connectivity index (χ1v) is 5.06. The van der Waals surface area contributed by atoms with E-state index in [-0.39, 0.29) is 0 Å². The molecule has 2 aliphatic heterocycles. The molecule has 76 valence electrons. The summed E-state index contributed by atoms with van der Waals surface area (Å²) in [7, 11) is 0. The van der Waals surface area contributed by atoms with Crippen LogP contribution in [0.5, 0.6) is 0 Å². The molecule has 2 saturated heterocycles. The third-order valence-electron chi connectivity index (χ3n) is 2.60. The van der Waals surface area contributed by atoms with Crippen LogP contribution in [0.1, 0.15) is 0 Å². The van der Waals surface area contributed by atoms with Crippen molar-refractivity contribution in [1.82, 2.24) is 10.2 Å². The summed E-state index contributed by atoms with van der Waals surface area (Å²) in [5.41, 5.74) is 0. The Hall–Kier alpha value is -0.160. The molecule has 0 bridgehead atoms. The fourth-order valence-electron chi connectivity index (χ4n) is 1.61. The Morgan fingerprint density at radius 2 is 1.92 bits per heavy atom. The summed E-state index contributed by atoms with van der Waals surface area (Å²) in [6.45, 7) is 7.96. The van der Waals surface area contributed by atoms with Crippen molar-refractivity contribution < 1.29 is 9.47 Å². The highest BCUT2D eigenvalue weighted by atomic mass is 16.5. The van der Waals surface area contributed by atoms with Gasteiger partial charge in [-0.05, 0) is 0 Å². The van der Waals surface area contributed by atoms with Gasteiger partial charge in [0.1, 0.15) is 0 Å². The molecule has 2 fully saturated rings. The third kappa shape index (κ3) is 2.91. The first kappa shape index (κ1) is 9.40. The Morgan fingerprint density at radius 3 is 2.54 bits per heavy atom. The predicted molar refractivity (Wildman–Crippen MR) is 49.9 cm³/mol. The van der Waals surface area contributed by atoms with Gasteiger partial charge in [-0.25, -0.2) is 0 Å². The normalized spacial score (nSPS) is 25.8. The van der Waals surface area contributed by atoms with Gasteiger partial charge in [0, 0.05) is 26.2 Å². The molecule has 4 nitrogen and oxygen atoms in total. The first-order chi connectivity index (χ1) is 6.45. The van der Waals surface area contributed by atoms with Gasteiger partial charge in [-0.15, -0.1) is 0 Å². The highest BCUT2D eigenvalue weighted by molar-refractivity contribution is 4.73. The van der Waals surface area contributed by atoms with E-state index in [0.717, 1.165) is 52.6 Å². The van der Waals surface area contributed by atoms with E-state index >= 15 is 0 Å². The van der Waals surface area contributed by atoms with E-state index in [2.05, 4.69) is 10.2 Å². The molecule has 1 N–H and O–H groups in total. The highest BCUT2D eigenvalue weighted by Gasteiger charge is 2.17. The number of nitrogens with one attached hydrogen (secondary N) is 1. The molecule has 0 atom stereocenters. The van der Waals surface area contributed by atoms with Crippen LogP contribution in [-0.2, 0) is 9.47 Å². The summed E-state index contributed by atoms with van der Waals surface area (Å²) < 4.78 is 10.4. The minimum Gasteiger partial charge on any atom is -0.379 e. The lowest BCUT2D eigenvalue weighted by atomic mass is 10.2. The molecule has 2 heterocycles. The van der Waals surface area contributed by atoms with Crippen LogP contribution >= 0.6 is 0 Å². The van der Waals surface area contributed by atoms with Gasteiger partial charge >= 0.3 is 0 Å². The molecule has 0 aromatic heterocycles. The van der Waals surface area contributed by atoms with Gasteiger partial charge in [-0.2, -0.15) is 0 Å². The van der Waals surface area contributed by atoms with Gasteiger partial charge < -0.3 is 14.8 Å². The van der Waals surface area contributed by atoms with Crippen LogP contribution in [0.3, 0.4) is 0 Å². The average Bonchev–Trinajstić information content (AvgIpc) is 2.11. The van der Waals surface area contributed by atoms with Crippen molar-refractivity contribution in [3.63, 3.8) is 0 Å². The lowest BCUT2D eigenvalue weighted by Gasteiger charge is -2.30. The molecular weight excluding hydrogens is 168 g/mol.